The fourth-order valence-corrected chi connectivity index (χ4v) is 16.1. The number of hydrogen-bond donors (Lipinski definition) is 2. The van der Waals surface area contributed by atoms with Crippen molar-refractivity contribution in [2.24, 2.45) is 4.99 Å². The second-order valence-corrected chi connectivity index (χ2v) is 27.1. The van der Waals surface area contributed by atoms with Crippen LogP contribution in [0, 0.1) is 0 Å². The summed E-state index contributed by atoms with van der Waals surface area (Å²) in [5, 5.41) is 17.1. The van der Waals surface area contributed by atoms with Gasteiger partial charge in [-0.25, -0.2) is 19.4 Å². The molecule has 2 N–H and O–H groups in total. The Morgan fingerprint density at radius 3 is 0.798 bits per heavy atom. The van der Waals surface area contributed by atoms with Gasteiger partial charge in [0.25, 0.3) is 0 Å². The SMILES string of the molecule is CCO[Si](CCCCC(=O)OCCCCCCOC(=O)OCCCCCCOC(=O)CCCC[Si](OCC)(OCC)OCC)(OCC)OCC.CCO[Si](CCCN=C=O)(OCC)OCC.O=C(OCCCCCCO)OCCCCCCO. The molecule has 0 aliphatic carbocycles. The fraction of sp³-hybridized carbons (Fsp3) is 0.914. The minimum atomic E-state index is -2.66. The largest absolute Gasteiger partial charge is 0.508 e. The van der Waals surface area contributed by atoms with Crippen molar-refractivity contribution in [3.63, 3.8) is 0 Å². The van der Waals surface area contributed by atoms with Crippen LogP contribution in [-0.4, -0.2) is 186 Å². The Balaban J connectivity index is -0.00000155. The summed E-state index contributed by atoms with van der Waals surface area (Å²) in [5.74, 6) is -0.387. The Labute approximate surface area is 509 Å². The highest BCUT2D eigenvalue weighted by atomic mass is 28.4. The zero-order chi connectivity index (χ0) is 62.9. The van der Waals surface area contributed by atoms with Crippen molar-refractivity contribution in [3.05, 3.63) is 0 Å². The third kappa shape index (κ3) is 54.5. The van der Waals surface area contributed by atoms with Crippen molar-refractivity contribution in [1.82, 2.24) is 0 Å². The molecule has 0 saturated carbocycles. The molecule has 0 aromatic carbocycles. The van der Waals surface area contributed by atoms with Gasteiger partial charge in [-0.05, 0) is 184 Å². The second-order valence-electron chi connectivity index (χ2n) is 18.9. The van der Waals surface area contributed by atoms with Crippen LogP contribution >= 0.6 is 0 Å². The third-order valence-electron chi connectivity index (χ3n) is 11.9. The lowest BCUT2D eigenvalue weighted by Crippen LogP contribution is -2.46. The highest BCUT2D eigenvalue weighted by Gasteiger charge is 2.41. The summed E-state index contributed by atoms with van der Waals surface area (Å²) in [4.78, 5) is 60.4. The van der Waals surface area contributed by atoms with Gasteiger partial charge in [-0.1, -0.05) is 12.8 Å². The molecule has 0 amide bonds. The Morgan fingerprint density at radius 2 is 0.560 bits per heavy atom. The zero-order valence-corrected chi connectivity index (χ0v) is 56.6. The number of carbonyl (C=O) groups excluding carboxylic acids is 5. The van der Waals surface area contributed by atoms with Gasteiger partial charge in [-0.3, -0.25) is 9.59 Å². The zero-order valence-electron chi connectivity index (χ0n) is 53.6. The van der Waals surface area contributed by atoms with E-state index in [9.17, 15) is 24.0 Å². The predicted octanol–water partition coefficient (Wildman–Crippen LogP) is 11.8. The van der Waals surface area contributed by atoms with Crippen LogP contribution in [0.1, 0.15) is 210 Å². The van der Waals surface area contributed by atoms with Crippen LogP contribution in [0.5, 0.6) is 0 Å². The van der Waals surface area contributed by atoms with E-state index >= 15 is 0 Å². The maximum atomic E-state index is 12.1. The molecular weight excluding hydrogens is 1150 g/mol. The lowest BCUT2D eigenvalue weighted by Gasteiger charge is -2.28. The fourth-order valence-electron chi connectivity index (χ4n) is 8.12. The monoisotopic (exact) mass is 1260 g/mol. The summed E-state index contributed by atoms with van der Waals surface area (Å²) < 4.78 is 82.7. The second kappa shape index (κ2) is 64.5. The molecule has 84 heavy (non-hydrogen) atoms. The molecule has 0 spiro atoms. The van der Waals surface area contributed by atoms with Gasteiger partial charge >= 0.3 is 50.7 Å². The molecule has 0 saturated heterocycles. The number of hydrogen-bond acceptors (Lipinski definition) is 23. The molecule has 0 radical (unpaired) electrons. The molecule has 0 aliphatic heterocycles. The van der Waals surface area contributed by atoms with Gasteiger partial charge in [0.05, 0.1) is 46.2 Å². The van der Waals surface area contributed by atoms with Crippen molar-refractivity contribution in [1.29, 1.82) is 0 Å². The molecule has 23 nitrogen and oxygen atoms in total. The molecule has 26 heteroatoms. The van der Waals surface area contributed by atoms with Gasteiger partial charge in [0.2, 0.25) is 6.08 Å². The quantitative estimate of drug-likeness (QED) is 0.0143. The lowest BCUT2D eigenvalue weighted by atomic mass is 10.2. The van der Waals surface area contributed by atoms with Gasteiger partial charge in [0, 0.05) is 104 Å². The smallest absolute Gasteiger partial charge is 0.466 e. The summed E-state index contributed by atoms with van der Waals surface area (Å²) in [7, 11) is -7.86. The minimum absolute atomic E-state index is 0.193. The van der Waals surface area contributed by atoms with Crippen LogP contribution in [0.25, 0.3) is 0 Å². The number of unbranched alkanes of at least 4 members (excludes halogenated alkanes) is 14. The maximum absolute atomic E-state index is 12.1. The molecule has 498 valence electrons. The topological polar surface area (TPSA) is 277 Å². The molecule has 0 aliphatic rings. The van der Waals surface area contributed by atoms with Crippen molar-refractivity contribution < 1.29 is 102 Å². The minimum Gasteiger partial charge on any atom is -0.466 e. The van der Waals surface area contributed by atoms with E-state index in [0.717, 1.165) is 122 Å². The third-order valence-corrected chi connectivity index (χ3v) is 21.4. The number of isocyanates is 1. The molecule has 0 fully saturated rings. The Bertz CT molecular complexity index is 1400. The average Bonchev–Trinajstić information content (AvgIpc) is 3.51. The van der Waals surface area contributed by atoms with Crippen LogP contribution in [0.4, 0.5) is 9.59 Å². The highest BCUT2D eigenvalue weighted by Crippen LogP contribution is 2.22. The first kappa shape index (κ1) is 85.3. The van der Waals surface area contributed by atoms with E-state index in [2.05, 4.69) is 4.99 Å². The van der Waals surface area contributed by atoms with E-state index in [1.54, 1.807) is 0 Å². The summed E-state index contributed by atoms with van der Waals surface area (Å²) in [6.07, 6.45) is 18.2. The number of aliphatic imine (C=N–C) groups is 1. The molecule has 0 unspecified atom stereocenters. The molecule has 0 aromatic rings. The summed E-state index contributed by atoms with van der Waals surface area (Å²) >= 11 is 0. The Morgan fingerprint density at radius 1 is 0.321 bits per heavy atom. The van der Waals surface area contributed by atoms with E-state index in [1.165, 1.54) is 6.08 Å². The summed E-state index contributed by atoms with van der Waals surface area (Å²) in [5.41, 5.74) is 0. The number of esters is 2. The number of rotatable bonds is 58. The summed E-state index contributed by atoms with van der Waals surface area (Å²) in [6, 6.07) is 2.07. The van der Waals surface area contributed by atoms with E-state index < -0.39 is 38.7 Å². The van der Waals surface area contributed by atoms with Crippen molar-refractivity contribution in [3.8, 4) is 0 Å². The van der Waals surface area contributed by atoms with Crippen LogP contribution in [0.2, 0.25) is 18.1 Å². The van der Waals surface area contributed by atoms with Gasteiger partial charge in [0.1, 0.15) is 0 Å². The first-order valence-corrected chi connectivity index (χ1v) is 37.5. The number of ether oxygens (including phenoxy) is 6. The molecule has 0 atom stereocenters. The molecular formula is C58H117NO22Si3. The number of aliphatic hydroxyl groups excluding tert-OH is 2. The van der Waals surface area contributed by atoms with Crippen LogP contribution in [0.3, 0.4) is 0 Å². The van der Waals surface area contributed by atoms with Gasteiger partial charge in [-0.2, -0.15) is 0 Å². The molecule has 0 bridgehead atoms. The Hall–Kier alpha value is -2.93. The maximum Gasteiger partial charge on any atom is 0.508 e. The predicted molar refractivity (Wildman–Crippen MR) is 326 cm³/mol. The standard InChI is InChI=1S/C35H70O13Si2.C13H26O5.C10H21NO4Si/c1-7-43-49(44-8-2,45-9-3)31-23-17-25-33(36)39-27-19-13-15-21-29-41-35(38)42-30-22-16-14-20-28-40-34(37)26-18-24-32-50(46-10-4,47-11-5)48-12-6;14-9-5-1-3-7-11-17-13(16)18-12-8-4-2-6-10-15;1-4-13-16(14-5-2,15-6-3)9-7-8-11-10-12/h7-32H2,1-6H3;14-15H,1-12H2;4-9H2,1-3H3. The van der Waals surface area contributed by atoms with Gasteiger partial charge in [-0.15, -0.1) is 0 Å². The lowest BCUT2D eigenvalue weighted by molar-refractivity contribution is -0.144. The first-order chi connectivity index (χ1) is 40.8. The van der Waals surface area contributed by atoms with Crippen molar-refractivity contribution in [2.75, 3.05) is 119 Å². The van der Waals surface area contributed by atoms with E-state index in [1.807, 2.05) is 62.3 Å². The highest BCUT2D eigenvalue weighted by molar-refractivity contribution is 6.61. The van der Waals surface area contributed by atoms with E-state index in [4.69, 9.17) is 78.5 Å². The molecule has 0 aromatic heterocycles. The number of nitrogens with zero attached hydrogens (tertiary/aromatic N) is 1. The van der Waals surface area contributed by atoms with Gasteiger partial charge < -0.3 is 78.5 Å². The number of carbonyl (C=O) groups is 4. The Kier molecular flexibility index (Phi) is 65.5. The van der Waals surface area contributed by atoms with E-state index in [0.29, 0.717) is 149 Å². The van der Waals surface area contributed by atoms with Crippen LogP contribution in [-0.2, 0) is 82.6 Å². The van der Waals surface area contributed by atoms with Crippen LogP contribution < -0.4 is 0 Å². The van der Waals surface area contributed by atoms with E-state index in [-0.39, 0.29) is 25.2 Å². The van der Waals surface area contributed by atoms with Crippen LogP contribution in [0.15, 0.2) is 4.99 Å². The summed E-state index contributed by atoms with van der Waals surface area (Å²) in [6.45, 7) is 25.4. The first-order valence-electron chi connectivity index (χ1n) is 31.7. The normalized spacial score (nSPS) is 11.4. The van der Waals surface area contributed by atoms with Crippen molar-refractivity contribution in [2.45, 2.75) is 228 Å². The number of aliphatic hydroxyl groups is 2. The van der Waals surface area contributed by atoms with Crippen molar-refractivity contribution >= 4 is 56.7 Å². The molecule has 0 heterocycles. The average molecular weight is 1260 g/mol. The van der Waals surface area contributed by atoms with Gasteiger partial charge in [0.15, 0.2) is 0 Å². The molecule has 0 rings (SSSR count).